The molecule has 7 heteroatoms. The van der Waals surface area contributed by atoms with E-state index >= 15 is 0 Å². The van der Waals surface area contributed by atoms with E-state index in [0.717, 1.165) is 11.1 Å². The third kappa shape index (κ3) is 1.40. The minimum atomic E-state index is 0.263. The lowest BCUT2D eigenvalue weighted by atomic mass is 10.2. The summed E-state index contributed by atoms with van der Waals surface area (Å²) in [4.78, 5) is 8.76. The number of hydrogen-bond donors (Lipinski definition) is 1. The molecular formula is C13H10N6O. The van der Waals surface area contributed by atoms with Gasteiger partial charge in [-0.05, 0) is 25.1 Å². The zero-order valence-electron chi connectivity index (χ0n) is 10.6. The zero-order chi connectivity index (χ0) is 13.7. The first-order valence-corrected chi connectivity index (χ1v) is 6.06. The van der Waals surface area contributed by atoms with Crippen LogP contribution in [0.5, 0.6) is 0 Å². The van der Waals surface area contributed by atoms with Crippen molar-refractivity contribution in [2.24, 2.45) is 0 Å². The van der Waals surface area contributed by atoms with Crippen molar-refractivity contribution in [2.75, 3.05) is 5.73 Å². The lowest BCUT2D eigenvalue weighted by molar-refractivity contribution is 0.443. The second kappa shape index (κ2) is 3.77. The van der Waals surface area contributed by atoms with Crippen LogP contribution in [0.15, 0.2) is 35.0 Å². The molecule has 0 saturated heterocycles. The Morgan fingerprint density at radius 2 is 2.15 bits per heavy atom. The van der Waals surface area contributed by atoms with Crippen molar-refractivity contribution >= 4 is 28.0 Å². The van der Waals surface area contributed by atoms with Gasteiger partial charge in [0.1, 0.15) is 0 Å². The van der Waals surface area contributed by atoms with Gasteiger partial charge in [0.05, 0.1) is 11.1 Å². The Balaban J connectivity index is 2.10. The van der Waals surface area contributed by atoms with Gasteiger partial charge >= 0.3 is 0 Å². The van der Waals surface area contributed by atoms with Crippen molar-refractivity contribution in [2.45, 2.75) is 6.92 Å². The van der Waals surface area contributed by atoms with Crippen LogP contribution >= 0.6 is 0 Å². The Morgan fingerprint density at radius 1 is 1.25 bits per heavy atom. The van der Waals surface area contributed by atoms with Crippen LogP contribution in [0.2, 0.25) is 0 Å². The SMILES string of the molecule is Cc1nn(-c2ccccn2)c2nc3noc(N)c3cc12. The minimum absolute atomic E-state index is 0.263. The van der Waals surface area contributed by atoms with E-state index in [4.69, 9.17) is 10.3 Å². The Morgan fingerprint density at radius 3 is 2.95 bits per heavy atom. The summed E-state index contributed by atoms with van der Waals surface area (Å²) >= 11 is 0. The molecule has 0 aliphatic heterocycles. The van der Waals surface area contributed by atoms with E-state index in [9.17, 15) is 0 Å². The fourth-order valence-electron chi connectivity index (χ4n) is 2.20. The van der Waals surface area contributed by atoms with Gasteiger partial charge in [0.2, 0.25) is 11.5 Å². The van der Waals surface area contributed by atoms with E-state index < -0.39 is 0 Å². The monoisotopic (exact) mass is 266 g/mol. The number of anilines is 1. The molecule has 0 saturated carbocycles. The molecule has 0 aliphatic carbocycles. The summed E-state index contributed by atoms with van der Waals surface area (Å²) in [5.74, 6) is 0.966. The number of pyridine rings is 2. The van der Waals surface area contributed by atoms with Gasteiger partial charge in [-0.15, -0.1) is 0 Å². The minimum Gasteiger partial charge on any atom is -0.367 e. The van der Waals surface area contributed by atoms with Gasteiger partial charge in [0, 0.05) is 11.6 Å². The second-order valence-corrected chi connectivity index (χ2v) is 4.46. The first-order chi connectivity index (χ1) is 9.74. The highest BCUT2D eigenvalue weighted by Gasteiger charge is 2.15. The van der Waals surface area contributed by atoms with Crippen molar-refractivity contribution in [3.8, 4) is 5.82 Å². The van der Waals surface area contributed by atoms with Crippen molar-refractivity contribution in [1.29, 1.82) is 0 Å². The lowest BCUT2D eigenvalue weighted by Gasteiger charge is -2.00. The molecule has 98 valence electrons. The van der Waals surface area contributed by atoms with E-state index in [-0.39, 0.29) is 5.88 Å². The number of nitrogens with zero attached hydrogens (tertiary/aromatic N) is 5. The van der Waals surface area contributed by atoms with Crippen LogP contribution in [0.1, 0.15) is 5.69 Å². The molecule has 0 atom stereocenters. The first kappa shape index (κ1) is 10.9. The normalized spacial score (nSPS) is 11.4. The maximum atomic E-state index is 5.73. The average Bonchev–Trinajstić information content (AvgIpc) is 3.00. The molecule has 4 heterocycles. The first-order valence-electron chi connectivity index (χ1n) is 6.06. The summed E-state index contributed by atoms with van der Waals surface area (Å²) in [6, 6.07) is 7.52. The summed E-state index contributed by atoms with van der Waals surface area (Å²) in [6.45, 7) is 1.92. The number of rotatable bonds is 1. The van der Waals surface area contributed by atoms with Gasteiger partial charge in [-0.3, -0.25) is 0 Å². The third-order valence-electron chi connectivity index (χ3n) is 3.18. The van der Waals surface area contributed by atoms with Crippen LogP contribution in [0.25, 0.3) is 27.9 Å². The average molecular weight is 266 g/mol. The van der Waals surface area contributed by atoms with Gasteiger partial charge in [-0.2, -0.15) is 9.78 Å². The zero-order valence-corrected chi connectivity index (χ0v) is 10.6. The molecule has 2 N–H and O–H groups in total. The predicted molar refractivity (Wildman–Crippen MR) is 73.4 cm³/mol. The highest BCUT2D eigenvalue weighted by Crippen LogP contribution is 2.26. The molecule has 0 spiro atoms. The topological polar surface area (TPSA) is 95.6 Å². The van der Waals surface area contributed by atoms with Crippen molar-refractivity contribution < 1.29 is 4.52 Å². The maximum absolute atomic E-state index is 5.73. The Kier molecular flexibility index (Phi) is 2.06. The summed E-state index contributed by atoms with van der Waals surface area (Å²) in [6.07, 6.45) is 1.71. The molecule has 4 aromatic heterocycles. The molecular weight excluding hydrogens is 256 g/mol. The van der Waals surface area contributed by atoms with Gasteiger partial charge in [-0.1, -0.05) is 11.2 Å². The molecule has 0 unspecified atom stereocenters. The number of hydrogen-bond acceptors (Lipinski definition) is 6. The van der Waals surface area contributed by atoms with Crippen LogP contribution in [-0.4, -0.2) is 24.9 Å². The van der Waals surface area contributed by atoms with Crippen molar-refractivity contribution in [3.05, 3.63) is 36.2 Å². The fourth-order valence-corrected chi connectivity index (χ4v) is 2.20. The third-order valence-corrected chi connectivity index (χ3v) is 3.18. The standard InChI is InChI=1S/C13H10N6O/c1-7-8-6-9-11(14)20-18-12(9)16-13(8)19(17-7)10-4-2-3-5-15-10/h2-6H,14H2,1H3. The van der Waals surface area contributed by atoms with E-state index in [1.165, 1.54) is 0 Å². The largest absolute Gasteiger partial charge is 0.367 e. The Labute approximate surface area is 113 Å². The number of nitrogens with two attached hydrogens (primary N) is 1. The Hall–Kier alpha value is -2.96. The summed E-state index contributed by atoms with van der Waals surface area (Å²) < 4.78 is 6.65. The molecule has 0 radical (unpaired) electrons. The highest BCUT2D eigenvalue weighted by atomic mass is 16.5. The number of aryl methyl sites for hydroxylation is 1. The molecule has 7 nitrogen and oxygen atoms in total. The van der Waals surface area contributed by atoms with Gasteiger partial charge in [0.15, 0.2) is 11.5 Å². The smallest absolute Gasteiger partial charge is 0.231 e. The predicted octanol–water partition coefficient (Wildman–Crippen LogP) is 1.85. The van der Waals surface area contributed by atoms with E-state index in [0.29, 0.717) is 22.5 Å². The van der Waals surface area contributed by atoms with Crippen LogP contribution in [-0.2, 0) is 0 Å². The molecule has 0 amide bonds. The molecule has 4 rings (SSSR count). The van der Waals surface area contributed by atoms with Gasteiger partial charge in [-0.25, -0.2) is 9.97 Å². The van der Waals surface area contributed by atoms with Crippen LogP contribution in [0, 0.1) is 6.92 Å². The molecule has 20 heavy (non-hydrogen) atoms. The van der Waals surface area contributed by atoms with Crippen LogP contribution in [0.4, 0.5) is 5.88 Å². The fraction of sp³-hybridized carbons (Fsp3) is 0.0769. The van der Waals surface area contributed by atoms with Gasteiger partial charge < -0.3 is 10.3 Å². The molecule has 4 aromatic rings. The lowest BCUT2D eigenvalue weighted by Crippen LogP contribution is -2.00. The van der Waals surface area contributed by atoms with E-state index in [1.54, 1.807) is 10.9 Å². The molecule has 0 aromatic carbocycles. The molecule has 0 aliphatic rings. The van der Waals surface area contributed by atoms with Gasteiger partial charge in [0.25, 0.3) is 0 Å². The maximum Gasteiger partial charge on any atom is 0.231 e. The second-order valence-electron chi connectivity index (χ2n) is 4.46. The van der Waals surface area contributed by atoms with Crippen LogP contribution in [0.3, 0.4) is 0 Å². The van der Waals surface area contributed by atoms with E-state index in [2.05, 4.69) is 20.2 Å². The number of aromatic nitrogens is 5. The molecule has 0 bridgehead atoms. The van der Waals surface area contributed by atoms with E-state index in [1.807, 2.05) is 31.2 Å². The molecule has 0 fully saturated rings. The summed E-state index contributed by atoms with van der Waals surface area (Å²) in [5, 5.41) is 9.92. The summed E-state index contributed by atoms with van der Waals surface area (Å²) in [5.41, 5.74) is 7.72. The van der Waals surface area contributed by atoms with Crippen molar-refractivity contribution in [3.63, 3.8) is 0 Å². The Bertz CT molecular complexity index is 924. The van der Waals surface area contributed by atoms with Crippen molar-refractivity contribution in [1.82, 2.24) is 24.9 Å². The van der Waals surface area contributed by atoms with Crippen LogP contribution < -0.4 is 5.73 Å². The highest BCUT2D eigenvalue weighted by molar-refractivity contribution is 5.95. The summed E-state index contributed by atoms with van der Waals surface area (Å²) in [7, 11) is 0. The quantitative estimate of drug-likeness (QED) is 0.564. The number of nitrogen functional groups attached to an aromatic ring is 1. The number of fused-ring (bicyclic) bond motifs is 2.